The summed E-state index contributed by atoms with van der Waals surface area (Å²) in [4.78, 5) is 0. The number of rotatable bonds is 6. The number of hydrogen-bond donors (Lipinski definition) is 0. The van der Waals surface area contributed by atoms with Gasteiger partial charge in [-0.1, -0.05) is 57.6 Å². The van der Waals surface area contributed by atoms with Crippen LogP contribution in [-0.2, 0) is 23.3 Å². The molecule has 0 aliphatic carbocycles. The van der Waals surface area contributed by atoms with E-state index in [-0.39, 0.29) is 30.2 Å². The Morgan fingerprint density at radius 3 is 1.14 bits per heavy atom. The van der Waals surface area contributed by atoms with Crippen LogP contribution in [0.1, 0.15) is 33.8 Å². The van der Waals surface area contributed by atoms with Crippen molar-refractivity contribution >= 4 is 51.8 Å². The smallest absolute Gasteiger partial charge is 0.147 e. The van der Waals surface area contributed by atoms with Crippen LogP contribution in [-0.4, -0.2) is 19.7 Å². The van der Waals surface area contributed by atoms with Crippen molar-refractivity contribution in [2.45, 2.75) is 54.6 Å². The van der Waals surface area contributed by atoms with Crippen LogP contribution in [0.3, 0.4) is 0 Å². The maximum absolute atomic E-state index is 5.82. The predicted octanol–water partition coefficient (Wildman–Crippen LogP) is 14.5. The zero-order valence-electron chi connectivity index (χ0n) is 33.8. The zero-order valence-corrected chi connectivity index (χ0v) is 38.9. The van der Waals surface area contributed by atoms with Gasteiger partial charge in [-0.3, -0.25) is 0 Å². The number of furan rings is 2. The molecule has 0 saturated carbocycles. The molecule has 0 saturated heterocycles. The van der Waals surface area contributed by atoms with E-state index in [1.807, 2.05) is 62.4 Å². The van der Waals surface area contributed by atoms with E-state index < -0.39 is 0 Å². The van der Waals surface area contributed by atoms with Gasteiger partial charge >= 0.3 is 41.9 Å². The van der Waals surface area contributed by atoms with Gasteiger partial charge in [0, 0.05) is 0 Å². The molecule has 288 valence electrons. The minimum Gasteiger partial charge on any atom is -0.147 e. The quantitative estimate of drug-likeness (QED) is 0.123. The van der Waals surface area contributed by atoms with Crippen LogP contribution >= 0.6 is 24.8 Å². The van der Waals surface area contributed by atoms with Crippen LogP contribution in [0.2, 0.25) is 13.1 Å². The Kier molecular flexibility index (Phi) is 15.5. The number of ether oxygens (including phenoxy) is 2. The summed E-state index contributed by atoms with van der Waals surface area (Å²) in [6.07, 6.45) is 0. The van der Waals surface area contributed by atoms with Crippen LogP contribution in [0.4, 0.5) is 0 Å². The standard InChI is InChI=1S/2C23H21O2.C2H6Si.2ClH.Zr/c2*1-14-11-18-12-19(22-10-5-15(2)25-22)13-21(18)23(16(14)3)17-6-8-20(24-4)9-7-17;1-3-2;;;/h2*5-13H,1-4H3;1-2H3;2*1H;/q2*-1;;;;+2. The van der Waals surface area contributed by atoms with E-state index >= 15 is 0 Å². The van der Waals surface area contributed by atoms with Gasteiger partial charge in [0.1, 0.15) is 11.5 Å². The van der Waals surface area contributed by atoms with E-state index in [9.17, 15) is 0 Å². The summed E-state index contributed by atoms with van der Waals surface area (Å²) in [6.45, 7) is 17.3. The van der Waals surface area contributed by atoms with Gasteiger partial charge in [0.2, 0.25) is 0 Å². The van der Waals surface area contributed by atoms with Crippen molar-refractivity contribution in [3.63, 3.8) is 0 Å². The largest absolute Gasteiger partial charge is 0.147 e. The fourth-order valence-electron chi connectivity index (χ4n) is 6.93. The fraction of sp³-hybridized carbons (Fsp3) is 0.208. The van der Waals surface area contributed by atoms with Gasteiger partial charge in [0.05, 0.1) is 37.3 Å². The first-order valence-corrected chi connectivity index (χ1v) is 24.4. The molecule has 56 heavy (non-hydrogen) atoms. The zero-order chi connectivity index (χ0) is 38.7. The van der Waals surface area contributed by atoms with Crippen molar-refractivity contribution in [2.24, 2.45) is 0 Å². The molecule has 0 amide bonds. The van der Waals surface area contributed by atoms with Crippen LogP contribution in [0, 0.1) is 41.5 Å². The van der Waals surface area contributed by atoms with Crippen LogP contribution in [0.25, 0.3) is 66.4 Å². The van der Waals surface area contributed by atoms with E-state index in [1.165, 1.54) is 66.1 Å². The number of methoxy groups -OCH3 is 2. The summed E-state index contributed by atoms with van der Waals surface area (Å²) in [6, 6.07) is 38.1. The molecule has 8 rings (SSSR count). The third-order valence-electron chi connectivity index (χ3n) is 9.87. The van der Waals surface area contributed by atoms with E-state index in [4.69, 9.17) is 18.3 Å². The fourth-order valence-corrected chi connectivity index (χ4v) is 6.93. The summed E-state index contributed by atoms with van der Waals surface area (Å²) in [7, 11) is 3.39. The number of halogens is 2. The van der Waals surface area contributed by atoms with E-state index in [2.05, 4.69) is 101 Å². The predicted molar refractivity (Wildman–Crippen MR) is 239 cm³/mol. The summed E-state index contributed by atoms with van der Waals surface area (Å²) >= 11 is 1.74. The molecular formula is C48H50Cl2O4SiZr. The second-order valence-corrected chi connectivity index (χ2v) is 23.5. The third-order valence-corrected chi connectivity index (χ3v) is 9.87. The number of fused-ring (bicyclic) bond motifs is 2. The Bertz CT molecular complexity index is 2390. The van der Waals surface area contributed by atoms with Gasteiger partial charge in [0.25, 0.3) is 0 Å². The SMILES string of the molecule is COc1ccc(-c2c(C)c(C)cc3[cH-]c(-c4ccc(C)o4)cc23)cc1.COc1ccc(-c2c(C)c(C)cc3[cH-]c(-c4ccc(C)o4)cc23)cc1.C[Si](C)=[Zr+2].Cl.Cl. The molecule has 2 heterocycles. The van der Waals surface area contributed by atoms with Gasteiger partial charge in [0.15, 0.2) is 0 Å². The molecule has 0 aliphatic rings. The molecule has 0 radical (unpaired) electrons. The average molecular weight is 881 g/mol. The Morgan fingerprint density at radius 1 is 0.518 bits per heavy atom. The molecule has 0 N–H and O–H groups in total. The van der Waals surface area contributed by atoms with Gasteiger partial charge < -0.3 is 18.3 Å². The second-order valence-electron chi connectivity index (χ2n) is 14.2. The minimum atomic E-state index is 0. The maximum atomic E-state index is 5.82. The van der Waals surface area contributed by atoms with Crippen molar-refractivity contribution in [1.82, 2.24) is 0 Å². The normalized spacial score (nSPS) is 10.5. The second kappa shape index (κ2) is 19.4. The van der Waals surface area contributed by atoms with Gasteiger partial charge in [-0.05, 0) is 112 Å². The summed E-state index contributed by atoms with van der Waals surface area (Å²) in [5.74, 6) is 5.46. The molecule has 0 unspecified atom stereocenters. The molecule has 8 aromatic rings. The van der Waals surface area contributed by atoms with Crippen LogP contribution < -0.4 is 9.47 Å². The Labute approximate surface area is 359 Å². The first kappa shape index (κ1) is 44.7. The summed E-state index contributed by atoms with van der Waals surface area (Å²) in [5, 5.41) is 5.02. The van der Waals surface area contributed by atoms with Crippen molar-refractivity contribution in [3.05, 3.63) is 143 Å². The first-order valence-electron chi connectivity index (χ1n) is 18.2. The van der Waals surface area contributed by atoms with Gasteiger partial charge in [-0.25, -0.2) is 0 Å². The van der Waals surface area contributed by atoms with E-state index in [1.54, 1.807) is 37.6 Å². The summed E-state index contributed by atoms with van der Waals surface area (Å²) in [5.41, 5.74) is 12.7. The van der Waals surface area contributed by atoms with Crippen molar-refractivity contribution in [3.8, 4) is 56.4 Å². The monoisotopic (exact) mass is 878 g/mol. The molecule has 4 nitrogen and oxygen atoms in total. The first-order chi connectivity index (χ1) is 25.9. The third kappa shape index (κ3) is 9.90. The van der Waals surface area contributed by atoms with Gasteiger partial charge in [-0.15, -0.1) is 82.8 Å². The van der Waals surface area contributed by atoms with Crippen molar-refractivity contribution < 1.29 is 41.6 Å². The molecule has 0 bridgehead atoms. The Balaban J connectivity index is 0.000000220. The van der Waals surface area contributed by atoms with Crippen molar-refractivity contribution in [1.29, 1.82) is 0 Å². The van der Waals surface area contributed by atoms with Gasteiger partial charge in [-0.2, -0.15) is 0 Å². The van der Waals surface area contributed by atoms with Crippen LogP contribution in [0.5, 0.6) is 11.5 Å². The molecule has 0 fully saturated rings. The Hall–Kier alpha value is -4.06. The molecule has 0 spiro atoms. The number of aryl methyl sites for hydroxylation is 4. The molecule has 6 aromatic carbocycles. The molecule has 8 heteroatoms. The van der Waals surface area contributed by atoms with E-state index in [0.29, 0.717) is 0 Å². The molecular weight excluding hydrogens is 831 g/mol. The summed E-state index contributed by atoms with van der Waals surface area (Å²) < 4.78 is 22.2. The minimum absolute atomic E-state index is 0. The maximum Gasteiger partial charge on any atom is -0.147 e. The number of benzene rings is 4. The van der Waals surface area contributed by atoms with Crippen molar-refractivity contribution in [2.75, 3.05) is 14.2 Å². The van der Waals surface area contributed by atoms with Crippen LogP contribution in [0.15, 0.2) is 118 Å². The number of hydrogen-bond acceptors (Lipinski definition) is 4. The van der Waals surface area contributed by atoms with E-state index in [0.717, 1.165) is 45.7 Å². The average Bonchev–Trinajstić information content (AvgIpc) is 3.97. The molecule has 2 aromatic heterocycles. The Morgan fingerprint density at radius 2 is 0.857 bits per heavy atom. The topological polar surface area (TPSA) is 44.7 Å². The molecule has 0 atom stereocenters. The molecule has 0 aliphatic heterocycles.